The van der Waals surface area contributed by atoms with Gasteiger partial charge in [-0.3, -0.25) is 0 Å². The number of aryl methyl sites for hydroxylation is 3. The van der Waals surface area contributed by atoms with E-state index in [0.717, 1.165) is 34.2 Å². The topological polar surface area (TPSA) is 90.7 Å². The van der Waals surface area contributed by atoms with E-state index in [1.807, 2.05) is 74.5 Å². The summed E-state index contributed by atoms with van der Waals surface area (Å²) in [5, 5.41) is 0. The Morgan fingerprint density at radius 2 is 1.23 bits per heavy atom. The highest BCUT2D eigenvalue weighted by Crippen LogP contribution is 2.33. The molecule has 0 fully saturated rings. The van der Waals surface area contributed by atoms with Crippen molar-refractivity contribution in [3.63, 3.8) is 0 Å². The second-order valence-electron chi connectivity index (χ2n) is 8.47. The van der Waals surface area contributed by atoms with Crippen molar-refractivity contribution in [2.75, 3.05) is 14.2 Å². The minimum absolute atomic E-state index is 0.361. The number of methoxy groups -OCH3 is 2. The van der Waals surface area contributed by atoms with Gasteiger partial charge in [-0.15, -0.1) is 0 Å². The summed E-state index contributed by atoms with van der Waals surface area (Å²) in [6.07, 6.45) is 2.09. The zero-order valence-electron chi connectivity index (χ0n) is 21.2. The van der Waals surface area contributed by atoms with Gasteiger partial charge in [0.05, 0.1) is 31.2 Å². The van der Waals surface area contributed by atoms with Crippen LogP contribution in [0.4, 0.5) is 0 Å². The summed E-state index contributed by atoms with van der Waals surface area (Å²) < 4.78 is 41.3. The van der Waals surface area contributed by atoms with Crippen LogP contribution in [0.1, 0.15) is 60.7 Å². The lowest BCUT2D eigenvalue weighted by Gasteiger charge is -2.27. The monoisotopic (exact) mass is 496 g/mol. The lowest BCUT2D eigenvalue weighted by molar-refractivity contribution is 0.413. The highest BCUT2D eigenvalue weighted by atomic mass is 32.2. The van der Waals surface area contributed by atoms with E-state index < -0.39 is 22.1 Å². The van der Waals surface area contributed by atoms with Gasteiger partial charge in [0.1, 0.15) is 11.5 Å². The minimum Gasteiger partial charge on any atom is -0.497 e. The van der Waals surface area contributed by atoms with Gasteiger partial charge in [0.25, 0.3) is 0 Å². The number of hydrogen-bond acceptors (Lipinski definition) is 5. The Labute approximate surface area is 209 Å². The molecule has 0 bridgehead atoms. The van der Waals surface area contributed by atoms with Gasteiger partial charge in [-0.1, -0.05) is 57.2 Å². The van der Waals surface area contributed by atoms with E-state index in [4.69, 9.17) is 15.2 Å². The fourth-order valence-corrected chi connectivity index (χ4v) is 6.14. The van der Waals surface area contributed by atoms with Crippen LogP contribution in [-0.4, -0.2) is 22.6 Å². The van der Waals surface area contributed by atoms with Crippen LogP contribution >= 0.6 is 0 Å². The van der Waals surface area contributed by atoms with E-state index in [-0.39, 0.29) is 0 Å². The average Bonchev–Trinajstić information content (AvgIpc) is 2.90. The van der Waals surface area contributed by atoms with E-state index in [2.05, 4.69) is 11.6 Å². The van der Waals surface area contributed by atoms with Crippen molar-refractivity contribution in [2.45, 2.75) is 57.0 Å². The summed E-state index contributed by atoms with van der Waals surface area (Å²) >= 11 is 0. The van der Waals surface area contributed by atoms with Crippen molar-refractivity contribution in [1.82, 2.24) is 4.72 Å². The Hall–Kier alpha value is -2.87. The van der Waals surface area contributed by atoms with Crippen LogP contribution in [0.25, 0.3) is 0 Å². The molecule has 3 aromatic carbocycles. The zero-order valence-corrected chi connectivity index (χ0v) is 22.0. The molecule has 2 atom stereocenters. The Morgan fingerprint density at radius 3 is 1.63 bits per heavy atom. The van der Waals surface area contributed by atoms with Gasteiger partial charge in [0.15, 0.2) is 0 Å². The van der Waals surface area contributed by atoms with Gasteiger partial charge in [0, 0.05) is 0 Å². The van der Waals surface area contributed by atoms with Crippen LogP contribution in [0.3, 0.4) is 0 Å². The molecule has 7 heteroatoms. The third-order valence-electron chi connectivity index (χ3n) is 6.36. The average molecular weight is 497 g/mol. The van der Waals surface area contributed by atoms with E-state index in [0.29, 0.717) is 29.2 Å². The summed E-state index contributed by atoms with van der Waals surface area (Å²) in [7, 11) is -0.691. The van der Waals surface area contributed by atoms with Gasteiger partial charge >= 0.3 is 0 Å². The molecule has 0 aromatic heterocycles. The molecule has 0 heterocycles. The third-order valence-corrected chi connectivity index (χ3v) is 7.98. The van der Waals surface area contributed by atoms with Crippen molar-refractivity contribution in [3.05, 3.63) is 88.5 Å². The Balaban J connectivity index is 2.10. The van der Waals surface area contributed by atoms with Crippen molar-refractivity contribution in [1.29, 1.82) is 0 Å². The first-order chi connectivity index (χ1) is 16.8. The standard InChI is InChI=1S/C28H36N2O4S/c1-6-19-17-20(7-2)28(21(8-3)18-19)35(31,32)30-27(23-11-15-25(34-5)16-12-23)26(29)22-9-13-24(33-4)14-10-22/h9-18,26-27,30H,6-8,29H2,1-5H3/t26-,27-/m1/s1. The molecule has 3 aromatic rings. The molecular formula is C28H36N2O4S. The molecular weight excluding hydrogens is 460 g/mol. The van der Waals surface area contributed by atoms with E-state index in [9.17, 15) is 8.42 Å². The second-order valence-corrected chi connectivity index (χ2v) is 10.1. The molecule has 0 aliphatic heterocycles. The molecule has 3 rings (SSSR count). The Kier molecular flexibility index (Phi) is 8.94. The summed E-state index contributed by atoms with van der Waals surface area (Å²) in [4.78, 5) is 0.361. The molecule has 0 saturated heterocycles. The van der Waals surface area contributed by atoms with Gasteiger partial charge < -0.3 is 15.2 Å². The molecule has 0 saturated carbocycles. The molecule has 0 radical (unpaired) electrons. The molecule has 0 amide bonds. The molecule has 6 nitrogen and oxygen atoms in total. The normalized spacial score (nSPS) is 13.3. The number of rotatable bonds is 11. The zero-order chi connectivity index (χ0) is 25.6. The van der Waals surface area contributed by atoms with E-state index >= 15 is 0 Å². The summed E-state index contributed by atoms with van der Waals surface area (Å²) in [5.74, 6) is 1.39. The van der Waals surface area contributed by atoms with Crippen LogP contribution in [-0.2, 0) is 29.3 Å². The van der Waals surface area contributed by atoms with Crippen molar-refractivity contribution in [3.8, 4) is 11.5 Å². The van der Waals surface area contributed by atoms with Gasteiger partial charge in [-0.05, 0) is 71.3 Å². The highest BCUT2D eigenvalue weighted by molar-refractivity contribution is 7.89. The van der Waals surface area contributed by atoms with Crippen LogP contribution in [0.15, 0.2) is 65.6 Å². The number of sulfonamides is 1. The van der Waals surface area contributed by atoms with Gasteiger partial charge in [0.2, 0.25) is 10.0 Å². The number of benzene rings is 3. The first-order valence-electron chi connectivity index (χ1n) is 12.0. The van der Waals surface area contributed by atoms with Crippen LogP contribution < -0.4 is 19.9 Å². The first kappa shape index (κ1) is 26.7. The minimum atomic E-state index is -3.89. The predicted octanol–water partition coefficient (Wildman–Crippen LogP) is 5.11. The molecule has 0 spiro atoms. The highest BCUT2D eigenvalue weighted by Gasteiger charge is 2.30. The molecule has 188 valence electrons. The van der Waals surface area contributed by atoms with Crippen LogP contribution in [0, 0.1) is 0 Å². The molecule has 0 aliphatic carbocycles. The fraction of sp³-hybridized carbons (Fsp3) is 0.357. The molecule has 0 aliphatic rings. The third kappa shape index (κ3) is 6.04. The number of nitrogens with one attached hydrogen (secondary N) is 1. The lowest BCUT2D eigenvalue weighted by atomic mass is 9.95. The van der Waals surface area contributed by atoms with Crippen LogP contribution in [0.2, 0.25) is 0 Å². The maximum absolute atomic E-state index is 13.9. The largest absolute Gasteiger partial charge is 0.497 e. The Bertz CT molecular complexity index is 1200. The van der Waals surface area contributed by atoms with Crippen molar-refractivity contribution >= 4 is 10.0 Å². The predicted molar refractivity (Wildman–Crippen MR) is 141 cm³/mol. The molecule has 3 N–H and O–H groups in total. The lowest BCUT2D eigenvalue weighted by Crippen LogP contribution is -2.36. The van der Waals surface area contributed by atoms with Gasteiger partial charge in [-0.25, -0.2) is 13.1 Å². The van der Waals surface area contributed by atoms with Gasteiger partial charge in [-0.2, -0.15) is 0 Å². The second kappa shape index (κ2) is 11.7. The summed E-state index contributed by atoms with van der Waals surface area (Å²) in [6.45, 7) is 6.04. The summed E-state index contributed by atoms with van der Waals surface area (Å²) in [5.41, 5.74) is 11.0. The fourth-order valence-electron chi connectivity index (χ4n) is 4.31. The quantitative estimate of drug-likeness (QED) is 0.385. The first-order valence-corrected chi connectivity index (χ1v) is 13.5. The van der Waals surface area contributed by atoms with Crippen molar-refractivity contribution in [2.24, 2.45) is 5.73 Å². The summed E-state index contributed by atoms with van der Waals surface area (Å²) in [6, 6.07) is 17.3. The SMILES string of the molecule is CCc1cc(CC)c(S(=O)(=O)N[C@H](c2ccc(OC)cc2)[C@H](N)c2ccc(OC)cc2)c(CC)c1. The van der Waals surface area contributed by atoms with Crippen molar-refractivity contribution < 1.29 is 17.9 Å². The van der Waals surface area contributed by atoms with Crippen LogP contribution in [0.5, 0.6) is 11.5 Å². The number of ether oxygens (including phenoxy) is 2. The van der Waals surface area contributed by atoms with E-state index in [1.54, 1.807) is 14.2 Å². The Morgan fingerprint density at radius 1 is 0.771 bits per heavy atom. The smallest absolute Gasteiger partial charge is 0.241 e. The maximum atomic E-state index is 13.9. The molecule has 0 unspecified atom stereocenters. The maximum Gasteiger partial charge on any atom is 0.241 e. The number of hydrogen-bond donors (Lipinski definition) is 2. The van der Waals surface area contributed by atoms with E-state index in [1.165, 1.54) is 0 Å². The molecule has 35 heavy (non-hydrogen) atoms. The number of nitrogens with two attached hydrogens (primary N) is 1.